The highest BCUT2D eigenvalue weighted by atomic mass is 16.5. The van der Waals surface area contributed by atoms with Crippen LogP contribution < -0.4 is 11.1 Å². The van der Waals surface area contributed by atoms with Crippen molar-refractivity contribution in [1.82, 2.24) is 5.32 Å². The Morgan fingerprint density at radius 3 is 2.86 bits per heavy atom. The van der Waals surface area contributed by atoms with E-state index in [1.54, 1.807) is 24.3 Å². The Morgan fingerprint density at radius 1 is 1.33 bits per heavy atom. The number of fused-ring (bicyclic) bond motifs is 1. The second-order valence-electron chi connectivity index (χ2n) is 5.43. The molecular weight excluding hydrogens is 272 g/mol. The summed E-state index contributed by atoms with van der Waals surface area (Å²) in [6.45, 7) is 1.21. The average Bonchev–Trinajstić information content (AvgIpc) is 2.88. The number of anilines is 1. The van der Waals surface area contributed by atoms with Gasteiger partial charge in [0.15, 0.2) is 5.76 Å². The first-order valence-corrected chi connectivity index (χ1v) is 6.93. The van der Waals surface area contributed by atoms with Crippen molar-refractivity contribution in [3.8, 4) is 0 Å². The van der Waals surface area contributed by atoms with Gasteiger partial charge in [0.2, 0.25) is 0 Å². The van der Waals surface area contributed by atoms with Gasteiger partial charge >= 0.3 is 0 Å². The Balaban J connectivity index is 1.69. The highest BCUT2D eigenvalue weighted by Gasteiger charge is 2.30. The van der Waals surface area contributed by atoms with E-state index < -0.39 is 5.60 Å². The lowest BCUT2D eigenvalue weighted by Gasteiger charge is -2.31. The molecule has 2 aromatic rings. The molecular formula is C15H18N2O4. The third-order valence-electron chi connectivity index (χ3n) is 3.77. The monoisotopic (exact) mass is 290 g/mol. The number of nitrogens with one attached hydrogen (secondary N) is 1. The van der Waals surface area contributed by atoms with Crippen molar-refractivity contribution in [1.29, 1.82) is 0 Å². The molecule has 4 N–H and O–H groups in total. The molecule has 1 aromatic heterocycles. The lowest BCUT2D eigenvalue weighted by Crippen LogP contribution is -2.46. The van der Waals surface area contributed by atoms with Crippen LogP contribution in [0.5, 0.6) is 0 Å². The quantitative estimate of drug-likeness (QED) is 0.740. The predicted molar refractivity (Wildman–Crippen MR) is 78.0 cm³/mol. The normalized spacial score (nSPS) is 17.8. The first-order chi connectivity index (χ1) is 10.1. The summed E-state index contributed by atoms with van der Waals surface area (Å²) in [5.74, 6) is -0.129. The molecule has 3 rings (SSSR count). The topological polar surface area (TPSA) is 97.7 Å². The molecule has 6 heteroatoms. The van der Waals surface area contributed by atoms with Crippen molar-refractivity contribution < 1.29 is 19.1 Å². The summed E-state index contributed by atoms with van der Waals surface area (Å²) in [4.78, 5) is 12.1. The smallest absolute Gasteiger partial charge is 0.287 e. The van der Waals surface area contributed by atoms with Crippen LogP contribution >= 0.6 is 0 Å². The highest BCUT2D eigenvalue weighted by Crippen LogP contribution is 2.22. The second kappa shape index (κ2) is 5.38. The summed E-state index contributed by atoms with van der Waals surface area (Å²) >= 11 is 0. The predicted octanol–water partition coefficient (Wildman–Crippen LogP) is 1.29. The second-order valence-corrected chi connectivity index (χ2v) is 5.43. The van der Waals surface area contributed by atoms with E-state index in [2.05, 4.69) is 5.32 Å². The lowest BCUT2D eigenvalue weighted by atomic mass is 9.94. The summed E-state index contributed by atoms with van der Waals surface area (Å²) in [6.07, 6.45) is 1.04. The van der Waals surface area contributed by atoms with Crippen molar-refractivity contribution in [2.75, 3.05) is 25.5 Å². The van der Waals surface area contributed by atoms with E-state index in [0.717, 1.165) is 5.39 Å². The van der Waals surface area contributed by atoms with Crippen LogP contribution in [-0.4, -0.2) is 36.4 Å². The molecule has 0 unspecified atom stereocenters. The van der Waals surface area contributed by atoms with Gasteiger partial charge < -0.3 is 25.3 Å². The number of amides is 1. The molecule has 0 aliphatic carbocycles. The van der Waals surface area contributed by atoms with Gasteiger partial charge in [-0.05, 0) is 24.3 Å². The average molecular weight is 290 g/mol. The van der Waals surface area contributed by atoms with Gasteiger partial charge in [-0.1, -0.05) is 0 Å². The van der Waals surface area contributed by atoms with Gasteiger partial charge in [-0.25, -0.2) is 0 Å². The maximum Gasteiger partial charge on any atom is 0.287 e. The molecule has 0 spiro atoms. The lowest BCUT2D eigenvalue weighted by molar-refractivity contribution is -0.0605. The Labute approximate surface area is 121 Å². The third kappa shape index (κ3) is 3.01. The van der Waals surface area contributed by atoms with Gasteiger partial charge in [-0.2, -0.15) is 0 Å². The fourth-order valence-corrected chi connectivity index (χ4v) is 2.43. The molecule has 112 valence electrons. The van der Waals surface area contributed by atoms with Gasteiger partial charge in [-0.3, -0.25) is 4.79 Å². The fraction of sp³-hybridized carbons (Fsp3) is 0.400. The van der Waals surface area contributed by atoms with Gasteiger partial charge in [0, 0.05) is 43.7 Å². The maximum atomic E-state index is 12.1. The van der Waals surface area contributed by atoms with E-state index >= 15 is 0 Å². The van der Waals surface area contributed by atoms with Crippen molar-refractivity contribution in [3.63, 3.8) is 0 Å². The number of hydrogen-bond donors (Lipinski definition) is 3. The molecule has 0 radical (unpaired) electrons. The SMILES string of the molecule is Nc1ccc2oc(C(=O)NCC3(O)CCOCC3)cc2c1. The van der Waals surface area contributed by atoms with Crippen molar-refractivity contribution in [2.45, 2.75) is 18.4 Å². The molecule has 0 bridgehead atoms. The van der Waals surface area contributed by atoms with Gasteiger partial charge in [0.05, 0.1) is 5.60 Å². The summed E-state index contributed by atoms with van der Waals surface area (Å²) in [6, 6.07) is 6.85. The number of aliphatic hydroxyl groups is 1. The molecule has 1 amide bonds. The number of carbonyl (C=O) groups excluding carboxylic acids is 1. The van der Waals surface area contributed by atoms with E-state index in [-0.39, 0.29) is 18.2 Å². The number of rotatable bonds is 3. The molecule has 21 heavy (non-hydrogen) atoms. The zero-order valence-corrected chi connectivity index (χ0v) is 11.6. The Morgan fingerprint density at radius 2 is 2.10 bits per heavy atom. The van der Waals surface area contributed by atoms with Crippen LogP contribution in [0.2, 0.25) is 0 Å². The molecule has 2 heterocycles. The van der Waals surface area contributed by atoms with Crippen molar-refractivity contribution in [3.05, 3.63) is 30.0 Å². The van der Waals surface area contributed by atoms with Crippen LogP contribution in [0.1, 0.15) is 23.4 Å². The molecule has 0 atom stereocenters. The number of hydrogen-bond acceptors (Lipinski definition) is 5. The minimum absolute atomic E-state index is 0.189. The molecule has 1 fully saturated rings. The van der Waals surface area contributed by atoms with Crippen molar-refractivity contribution >= 4 is 22.6 Å². The molecule has 6 nitrogen and oxygen atoms in total. The van der Waals surface area contributed by atoms with Gasteiger partial charge in [0.25, 0.3) is 5.91 Å². The van der Waals surface area contributed by atoms with E-state index in [4.69, 9.17) is 14.9 Å². The molecule has 1 saturated heterocycles. The summed E-state index contributed by atoms with van der Waals surface area (Å²) in [5.41, 5.74) is 6.02. The third-order valence-corrected chi connectivity index (χ3v) is 3.77. The van der Waals surface area contributed by atoms with Gasteiger partial charge in [-0.15, -0.1) is 0 Å². The zero-order chi connectivity index (χ0) is 14.9. The minimum Gasteiger partial charge on any atom is -0.451 e. The van der Waals surface area contributed by atoms with Crippen LogP contribution in [0.25, 0.3) is 11.0 Å². The Hall–Kier alpha value is -2.05. The number of ether oxygens (including phenoxy) is 1. The zero-order valence-electron chi connectivity index (χ0n) is 11.6. The molecule has 0 saturated carbocycles. The number of nitrogens with two attached hydrogens (primary N) is 1. The fourth-order valence-electron chi connectivity index (χ4n) is 2.43. The standard InChI is InChI=1S/C15H18N2O4/c16-11-1-2-12-10(7-11)8-13(21-12)14(18)17-9-15(19)3-5-20-6-4-15/h1-2,7-8,19H,3-6,9,16H2,(H,17,18). The first kappa shape index (κ1) is 13.9. The number of nitrogen functional groups attached to an aromatic ring is 1. The summed E-state index contributed by atoms with van der Waals surface area (Å²) in [5, 5.41) is 13.8. The van der Waals surface area contributed by atoms with E-state index in [9.17, 15) is 9.90 Å². The maximum absolute atomic E-state index is 12.1. The van der Waals surface area contributed by atoms with Crippen LogP contribution in [0.3, 0.4) is 0 Å². The van der Waals surface area contributed by atoms with Crippen molar-refractivity contribution in [2.24, 2.45) is 0 Å². The molecule has 1 aliphatic heterocycles. The Kier molecular flexibility index (Phi) is 3.57. The number of furan rings is 1. The molecule has 1 aliphatic rings. The molecule has 1 aromatic carbocycles. The minimum atomic E-state index is -0.898. The number of carbonyl (C=O) groups is 1. The van der Waals surface area contributed by atoms with Crippen LogP contribution in [-0.2, 0) is 4.74 Å². The van der Waals surface area contributed by atoms with Gasteiger partial charge in [0.1, 0.15) is 5.58 Å². The van der Waals surface area contributed by atoms with Crippen LogP contribution in [0, 0.1) is 0 Å². The van der Waals surface area contributed by atoms with Crippen LogP contribution in [0.4, 0.5) is 5.69 Å². The highest BCUT2D eigenvalue weighted by molar-refractivity contribution is 5.96. The largest absolute Gasteiger partial charge is 0.451 e. The first-order valence-electron chi connectivity index (χ1n) is 6.93. The number of benzene rings is 1. The van der Waals surface area contributed by atoms with E-state index in [1.165, 1.54) is 0 Å². The van der Waals surface area contributed by atoms with Crippen LogP contribution in [0.15, 0.2) is 28.7 Å². The summed E-state index contributed by atoms with van der Waals surface area (Å²) in [7, 11) is 0. The van der Waals surface area contributed by atoms with E-state index in [0.29, 0.717) is 37.3 Å². The Bertz CT molecular complexity index is 659. The summed E-state index contributed by atoms with van der Waals surface area (Å²) < 4.78 is 10.7. The van der Waals surface area contributed by atoms with E-state index in [1.807, 2.05) is 0 Å².